The van der Waals surface area contributed by atoms with Gasteiger partial charge in [-0.3, -0.25) is 29.8 Å². The van der Waals surface area contributed by atoms with Crippen molar-refractivity contribution in [3.05, 3.63) is 81.6 Å². The first kappa shape index (κ1) is 25.1. The van der Waals surface area contributed by atoms with Crippen LogP contribution in [0.4, 0.5) is 9.59 Å². The lowest BCUT2D eigenvalue weighted by Crippen LogP contribution is -2.17. The van der Waals surface area contributed by atoms with E-state index in [1.807, 2.05) is 0 Å². The summed E-state index contributed by atoms with van der Waals surface area (Å²) in [5, 5.41) is 25.4. The molecule has 182 valence electrons. The van der Waals surface area contributed by atoms with Gasteiger partial charge in [-0.05, 0) is 89.5 Å². The van der Waals surface area contributed by atoms with E-state index in [1.54, 1.807) is 36.4 Å². The highest BCUT2D eigenvalue weighted by atomic mass is 32.2. The number of rotatable bonds is 7. The molecule has 4 rings (SSSR count). The predicted molar refractivity (Wildman–Crippen MR) is 141 cm³/mol. The number of hydrogen-bond donors (Lipinski definition) is 4. The summed E-state index contributed by atoms with van der Waals surface area (Å²) in [6.45, 7) is 7.48. The fraction of sp³-hybridized carbons (Fsp3) is 0.0769. The molecule has 4 N–H and O–H groups in total. The number of carbonyl (C=O) groups excluding carboxylic acids is 4. The van der Waals surface area contributed by atoms with Crippen LogP contribution in [0.25, 0.3) is 23.3 Å². The molecule has 2 aliphatic heterocycles. The van der Waals surface area contributed by atoms with Crippen LogP contribution in [0.1, 0.15) is 22.3 Å². The molecule has 0 unspecified atom stereocenters. The Kier molecular flexibility index (Phi) is 7.18. The Morgan fingerprint density at radius 3 is 1.81 bits per heavy atom. The maximum Gasteiger partial charge on any atom is 0.290 e. The predicted octanol–water partition coefficient (Wildman–Crippen LogP) is 4.87. The van der Waals surface area contributed by atoms with Crippen LogP contribution in [0.3, 0.4) is 0 Å². The van der Waals surface area contributed by atoms with Gasteiger partial charge in [0.2, 0.25) is 0 Å². The molecule has 4 amide bonds. The third-order valence-electron chi connectivity index (χ3n) is 5.33. The largest absolute Gasteiger partial charge is 0.507 e. The number of thioether (sulfide) groups is 2. The zero-order valence-corrected chi connectivity index (χ0v) is 20.4. The molecule has 2 aromatic carbocycles. The topological polar surface area (TPSA) is 133 Å². The quantitative estimate of drug-likeness (QED) is 0.300. The van der Waals surface area contributed by atoms with Crippen LogP contribution in [-0.2, 0) is 22.4 Å². The molecule has 0 spiro atoms. The van der Waals surface area contributed by atoms with E-state index in [2.05, 4.69) is 23.8 Å². The maximum atomic E-state index is 12.1. The maximum absolute atomic E-state index is 12.1. The van der Waals surface area contributed by atoms with Gasteiger partial charge in [-0.15, -0.1) is 13.2 Å². The average molecular weight is 521 g/mol. The molecule has 2 heterocycles. The molecule has 0 aliphatic carbocycles. The number of amides is 4. The summed E-state index contributed by atoms with van der Waals surface area (Å²) in [7, 11) is 0. The molecule has 0 atom stereocenters. The monoisotopic (exact) mass is 520 g/mol. The Morgan fingerprint density at radius 2 is 1.31 bits per heavy atom. The van der Waals surface area contributed by atoms with E-state index in [0.717, 1.165) is 29.1 Å². The van der Waals surface area contributed by atoms with Gasteiger partial charge in [0.25, 0.3) is 22.3 Å². The van der Waals surface area contributed by atoms with Crippen LogP contribution in [0, 0.1) is 0 Å². The number of nitrogens with one attached hydrogen (secondary N) is 2. The lowest BCUT2D eigenvalue weighted by molar-refractivity contribution is -0.116. The molecule has 0 bridgehead atoms. The van der Waals surface area contributed by atoms with E-state index < -0.39 is 22.3 Å². The van der Waals surface area contributed by atoms with Crippen molar-refractivity contribution in [3.8, 4) is 22.6 Å². The SMILES string of the molecule is C=CCc1cc(/C=C2\SC(=O)NC2=O)c(O)c(-c2cc(/C=C3\SC(=O)NC3=O)c(O)c(CC=C)c2)c1. The minimum absolute atomic E-state index is 0.0829. The second-order valence-electron chi connectivity index (χ2n) is 7.84. The van der Waals surface area contributed by atoms with Gasteiger partial charge in [-0.25, -0.2) is 0 Å². The minimum atomic E-state index is -0.563. The Labute approximate surface area is 214 Å². The van der Waals surface area contributed by atoms with Crippen molar-refractivity contribution in [1.29, 1.82) is 0 Å². The van der Waals surface area contributed by atoms with Crippen molar-refractivity contribution in [3.63, 3.8) is 0 Å². The summed E-state index contributed by atoms with van der Waals surface area (Å²) in [6.07, 6.45) is 6.92. The van der Waals surface area contributed by atoms with Gasteiger partial charge >= 0.3 is 0 Å². The molecule has 0 radical (unpaired) electrons. The van der Waals surface area contributed by atoms with Gasteiger partial charge in [-0.1, -0.05) is 12.2 Å². The lowest BCUT2D eigenvalue weighted by atomic mass is 9.92. The van der Waals surface area contributed by atoms with Gasteiger partial charge in [0, 0.05) is 16.7 Å². The van der Waals surface area contributed by atoms with Crippen molar-refractivity contribution >= 4 is 58.0 Å². The van der Waals surface area contributed by atoms with E-state index >= 15 is 0 Å². The molecular weight excluding hydrogens is 500 g/mol. The number of hydrogen-bond acceptors (Lipinski definition) is 8. The molecule has 36 heavy (non-hydrogen) atoms. The standard InChI is InChI=1S/C26H20N2O6S2/c1-3-5-13-7-16(11-19-23(31)27-25(33)35-19)22(30)18(8-13)15-9-14(6-4-2)21(29)17(10-15)12-20-24(32)28-26(34)36-20/h3-4,7-12,29-30H,1-2,5-6H2,(H,27,31,33)(H,28,32,34)/b19-11-,20-12-. The van der Waals surface area contributed by atoms with E-state index in [-0.39, 0.29) is 26.9 Å². The first-order valence-corrected chi connectivity index (χ1v) is 12.3. The van der Waals surface area contributed by atoms with Crippen molar-refractivity contribution < 1.29 is 29.4 Å². The Balaban J connectivity index is 1.90. The van der Waals surface area contributed by atoms with E-state index in [9.17, 15) is 29.4 Å². The van der Waals surface area contributed by atoms with Crippen LogP contribution in [0.15, 0.2) is 59.4 Å². The summed E-state index contributed by atoms with van der Waals surface area (Å²) < 4.78 is 0. The summed E-state index contributed by atoms with van der Waals surface area (Å²) in [4.78, 5) is 47.6. The Hall–Kier alpha value is -4.02. The highest BCUT2D eigenvalue weighted by Crippen LogP contribution is 2.40. The first-order valence-electron chi connectivity index (χ1n) is 10.6. The van der Waals surface area contributed by atoms with E-state index in [0.29, 0.717) is 35.1 Å². The number of benzene rings is 2. The van der Waals surface area contributed by atoms with Gasteiger partial charge in [-0.2, -0.15) is 0 Å². The fourth-order valence-corrected chi connectivity index (χ4v) is 5.10. The number of phenols is 2. The van der Waals surface area contributed by atoms with Crippen molar-refractivity contribution in [2.75, 3.05) is 0 Å². The molecule has 8 nitrogen and oxygen atoms in total. The molecule has 0 saturated carbocycles. The van der Waals surface area contributed by atoms with E-state index in [1.165, 1.54) is 12.2 Å². The number of imide groups is 2. The zero-order valence-electron chi connectivity index (χ0n) is 18.8. The normalized spacial score (nSPS) is 17.6. The molecule has 2 fully saturated rings. The van der Waals surface area contributed by atoms with Crippen LogP contribution in [-0.4, -0.2) is 32.5 Å². The van der Waals surface area contributed by atoms with Crippen LogP contribution in [0.2, 0.25) is 0 Å². The zero-order chi connectivity index (χ0) is 26.0. The Bertz CT molecular complexity index is 1420. The van der Waals surface area contributed by atoms with Crippen molar-refractivity contribution in [2.24, 2.45) is 0 Å². The third-order valence-corrected chi connectivity index (χ3v) is 6.95. The van der Waals surface area contributed by atoms with Crippen LogP contribution >= 0.6 is 23.5 Å². The van der Waals surface area contributed by atoms with E-state index in [4.69, 9.17) is 0 Å². The van der Waals surface area contributed by atoms with Gasteiger partial charge in [0.1, 0.15) is 11.5 Å². The second-order valence-corrected chi connectivity index (χ2v) is 9.87. The summed E-state index contributed by atoms with van der Waals surface area (Å²) in [5.41, 5.74) is 2.81. The van der Waals surface area contributed by atoms with Crippen molar-refractivity contribution in [1.82, 2.24) is 10.6 Å². The first-order chi connectivity index (χ1) is 17.2. The van der Waals surface area contributed by atoms with Gasteiger partial charge in [0.15, 0.2) is 0 Å². The Morgan fingerprint density at radius 1 is 0.750 bits per heavy atom. The summed E-state index contributed by atoms with van der Waals surface area (Å²) >= 11 is 1.47. The highest BCUT2D eigenvalue weighted by molar-refractivity contribution is 8.18. The lowest BCUT2D eigenvalue weighted by Gasteiger charge is -2.15. The molecule has 0 aromatic heterocycles. The second kappa shape index (κ2) is 10.3. The smallest absolute Gasteiger partial charge is 0.290 e. The molecule has 10 heteroatoms. The van der Waals surface area contributed by atoms with Crippen LogP contribution < -0.4 is 10.6 Å². The molecular formula is C26H20N2O6S2. The van der Waals surface area contributed by atoms with Gasteiger partial charge < -0.3 is 10.2 Å². The summed E-state index contributed by atoms with van der Waals surface area (Å²) in [6, 6.07) is 6.74. The summed E-state index contributed by atoms with van der Waals surface area (Å²) in [5.74, 6) is -1.33. The molecule has 2 aromatic rings. The van der Waals surface area contributed by atoms with Crippen molar-refractivity contribution in [2.45, 2.75) is 12.8 Å². The van der Waals surface area contributed by atoms with Gasteiger partial charge in [0.05, 0.1) is 9.81 Å². The third kappa shape index (κ3) is 5.14. The van der Waals surface area contributed by atoms with Crippen LogP contribution in [0.5, 0.6) is 11.5 Å². The average Bonchev–Trinajstić information content (AvgIpc) is 3.31. The molecule has 2 aliphatic rings. The highest BCUT2D eigenvalue weighted by Gasteiger charge is 2.27. The minimum Gasteiger partial charge on any atom is -0.507 e. The number of allylic oxidation sites excluding steroid dienone is 2. The number of carbonyl (C=O) groups is 4. The number of aromatic hydroxyl groups is 2. The number of phenolic OH excluding ortho intramolecular Hbond substituents is 2. The fourth-order valence-electron chi connectivity index (χ4n) is 3.75. The molecule has 2 saturated heterocycles.